The van der Waals surface area contributed by atoms with Gasteiger partial charge >= 0.3 is 0 Å². The maximum atomic E-state index is 2.71. The number of rotatable bonds is 2. The van der Waals surface area contributed by atoms with Gasteiger partial charge in [-0.05, 0) is 70.2 Å². The van der Waals surface area contributed by atoms with E-state index < -0.39 is 0 Å². The summed E-state index contributed by atoms with van der Waals surface area (Å²) in [5.41, 5.74) is 0. The smallest absolute Gasteiger partial charge is 0.00742 e. The lowest BCUT2D eigenvalue weighted by Gasteiger charge is -2.41. The second-order valence-corrected chi connectivity index (χ2v) is 8.04. The summed E-state index contributed by atoms with van der Waals surface area (Å²) in [6.07, 6.45) is 10.6. The molecule has 2 rings (SSSR count). The minimum Gasteiger partial charge on any atom is -0.306 e. The quantitative estimate of drug-likeness (QED) is 0.744. The Kier molecular flexibility index (Phi) is 4.57. The lowest BCUT2D eigenvalue weighted by molar-refractivity contribution is 0.134. The first kappa shape index (κ1) is 12.7. The molecule has 2 saturated heterocycles. The molecule has 0 aliphatic carbocycles. The molecule has 0 amide bonds. The highest BCUT2D eigenvalue weighted by Gasteiger charge is 2.28. The molecule has 16 heavy (non-hydrogen) atoms. The Morgan fingerprint density at radius 2 is 1.25 bits per heavy atom. The van der Waals surface area contributed by atoms with Gasteiger partial charge in [0.1, 0.15) is 0 Å². The van der Waals surface area contributed by atoms with Crippen molar-refractivity contribution in [3.63, 3.8) is 0 Å². The highest BCUT2D eigenvalue weighted by Crippen LogP contribution is 2.35. The third-order valence-corrected chi connectivity index (χ3v) is 6.04. The van der Waals surface area contributed by atoms with Crippen LogP contribution in [0.15, 0.2) is 0 Å². The molecule has 0 saturated carbocycles. The van der Waals surface area contributed by atoms with E-state index in [4.69, 9.17) is 0 Å². The van der Waals surface area contributed by atoms with Crippen molar-refractivity contribution in [2.45, 2.75) is 25.7 Å². The zero-order chi connectivity index (χ0) is 11.5. The zero-order valence-corrected chi connectivity index (χ0v) is 12.0. The number of thiol groups is 1. The summed E-state index contributed by atoms with van der Waals surface area (Å²) in [6.45, 7) is 5.41. The molecule has 0 N–H and O–H groups in total. The minimum atomic E-state index is 0.163. The predicted octanol–water partition coefficient (Wildman–Crippen LogP) is 2.22. The maximum Gasteiger partial charge on any atom is 0.00742 e. The normalized spacial score (nSPS) is 28.3. The molecular formula is C13H28N2S. The number of hydrogen-bond donors (Lipinski definition) is 1. The van der Waals surface area contributed by atoms with Gasteiger partial charge in [-0.25, -0.2) is 11.1 Å². The van der Waals surface area contributed by atoms with Gasteiger partial charge in [0.25, 0.3) is 0 Å². The van der Waals surface area contributed by atoms with Crippen LogP contribution in [0.3, 0.4) is 0 Å². The van der Waals surface area contributed by atoms with Crippen LogP contribution in [0.4, 0.5) is 0 Å². The maximum absolute atomic E-state index is 2.71. The molecule has 3 heteroatoms. The summed E-state index contributed by atoms with van der Waals surface area (Å²) in [5, 5.41) is 0. The van der Waals surface area contributed by atoms with Gasteiger partial charge in [0.05, 0.1) is 0 Å². The van der Waals surface area contributed by atoms with Crippen LogP contribution in [-0.2, 0) is 0 Å². The van der Waals surface area contributed by atoms with E-state index in [-0.39, 0.29) is 11.1 Å². The number of likely N-dealkylation sites (tertiary alicyclic amines) is 1. The second kappa shape index (κ2) is 5.74. The van der Waals surface area contributed by atoms with Crippen molar-refractivity contribution < 1.29 is 0 Å². The molecule has 2 fully saturated rings. The molecule has 0 aromatic carbocycles. The van der Waals surface area contributed by atoms with Crippen LogP contribution in [0.25, 0.3) is 0 Å². The van der Waals surface area contributed by atoms with Crippen molar-refractivity contribution in [2.24, 2.45) is 11.8 Å². The van der Waals surface area contributed by atoms with E-state index in [0.29, 0.717) is 0 Å². The van der Waals surface area contributed by atoms with E-state index in [1.807, 2.05) is 0 Å². The zero-order valence-electron chi connectivity index (χ0n) is 11.2. The van der Waals surface area contributed by atoms with E-state index in [1.165, 1.54) is 51.9 Å². The van der Waals surface area contributed by atoms with Crippen LogP contribution in [0.2, 0.25) is 0 Å². The topological polar surface area (TPSA) is 6.48 Å². The van der Waals surface area contributed by atoms with Gasteiger partial charge in [-0.2, -0.15) is 0 Å². The third-order valence-electron chi connectivity index (χ3n) is 4.51. The monoisotopic (exact) mass is 244 g/mol. The van der Waals surface area contributed by atoms with Crippen LogP contribution in [0.1, 0.15) is 25.7 Å². The number of hydrogen-bond acceptors (Lipinski definition) is 2. The van der Waals surface area contributed by atoms with Crippen LogP contribution in [-0.4, -0.2) is 54.9 Å². The van der Waals surface area contributed by atoms with Crippen LogP contribution >= 0.6 is 11.1 Å². The van der Waals surface area contributed by atoms with Crippen LogP contribution in [0.5, 0.6) is 0 Å². The Hall–Kier alpha value is 0.270. The lowest BCUT2D eigenvalue weighted by Crippen LogP contribution is -2.38. The highest BCUT2D eigenvalue weighted by molar-refractivity contribution is 8.13. The molecule has 2 heterocycles. The average molecular weight is 244 g/mol. The van der Waals surface area contributed by atoms with Gasteiger partial charge in [-0.15, -0.1) is 0 Å². The molecule has 0 atom stereocenters. The first-order valence-electron chi connectivity index (χ1n) is 6.77. The molecule has 0 spiro atoms. The van der Waals surface area contributed by atoms with Crippen molar-refractivity contribution in [1.82, 2.24) is 9.21 Å². The first-order chi connectivity index (χ1) is 7.66. The summed E-state index contributed by atoms with van der Waals surface area (Å²) in [5.74, 6) is 2.08. The van der Waals surface area contributed by atoms with E-state index >= 15 is 0 Å². The summed E-state index contributed by atoms with van der Waals surface area (Å²) in [7, 11) is 2.26. The standard InChI is InChI=1S/C13H28N2S/c1-14-8-4-12(5-9-14)13-6-10-15(11-7-13)16(2)3/h12-13,16H,4-11H2,1-3H3. The van der Waals surface area contributed by atoms with E-state index in [0.717, 1.165) is 11.8 Å². The lowest BCUT2D eigenvalue weighted by atomic mass is 9.79. The number of piperidine rings is 2. The van der Waals surface area contributed by atoms with Gasteiger partial charge in [-0.1, -0.05) is 0 Å². The van der Waals surface area contributed by atoms with Gasteiger partial charge in [-0.3, -0.25) is 4.31 Å². The van der Waals surface area contributed by atoms with Crippen molar-refractivity contribution in [3.8, 4) is 0 Å². The molecule has 0 aromatic heterocycles. The van der Waals surface area contributed by atoms with Gasteiger partial charge in [0, 0.05) is 13.1 Å². The van der Waals surface area contributed by atoms with Gasteiger partial charge < -0.3 is 4.90 Å². The minimum absolute atomic E-state index is 0.163. The van der Waals surface area contributed by atoms with Crippen molar-refractivity contribution >= 4 is 11.1 Å². The Balaban J connectivity index is 1.76. The molecule has 2 aliphatic rings. The van der Waals surface area contributed by atoms with Crippen molar-refractivity contribution in [1.29, 1.82) is 0 Å². The predicted molar refractivity (Wildman–Crippen MR) is 75.4 cm³/mol. The van der Waals surface area contributed by atoms with Crippen LogP contribution < -0.4 is 0 Å². The Morgan fingerprint density at radius 3 is 1.69 bits per heavy atom. The third kappa shape index (κ3) is 3.14. The molecule has 0 unspecified atom stereocenters. The fraction of sp³-hybridized carbons (Fsp3) is 1.00. The average Bonchev–Trinajstić information content (AvgIpc) is 2.30. The Bertz CT molecular complexity index is 204. The number of nitrogens with zero attached hydrogens (tertiary/aromatic N) is 2. The SMILES string of the molecule is CN1CCC(C2CCN([SH](C)C)CC2)CC1. The fourth-order valence-electron chi connectivity index (χ4n) is 3.26. The summed E-state index contributed by atoms with van der Waals surface area (Å²) in [6, 6.07) is 0. The van der Waals surface area contributed by atoms with Crippen molar-refractivity contribution in [3.05, 3.63) is 0 Å². The molecule has 2 aliphatic heterocycles. The molecule has 0 bridgehead atoms. The Morgan fingerprint density at radius 1 is 0.812 bits per heavy atom. The fourth-order valence-corrected chi connectivity index (χ4v) is 4.29. The van der Waals surface area contributed by atoms with Crippen LogP contribution in [0, 0.1) is 11.8 Å². The van der Waals surface area contributed by atoms with Gasteiger partial charge in [0.2, 0.25) is 0 Å². The van der Waals surface area contributed by atoms with Gasteiger partial charge in [0.15, 0.2) is 0 Å². The summed E-state index contributed by atoms with van der Waals surface area (Å²) in [4.78, 5) is 2.49. The molecule has 0 radical (unpaired) electrons. The molecule has 0 aromatic rings. The second-order valence-electron chi connectivity index (χ2n) is 5.78. The molecular weight excluding hydrogens is 216 g/mol. The van der Waals surface area contributed by atoms with E-state index in [9.17, 15) is 0 Å². The molecule has 2 nitrogen and oxygen atoms in total. The summed E-state index contributed by atoms with van der Waals surface area (Å²) >= 11 is 0.163. The summed E-state index contributed by atoms with van der Waals surface area (Å²) < 4.78 is 2.71. The first-order valence-corrected chi connectivity index (χ1v) is 8.96. The van der Waals surface area contributed by atoms with E-state index in [2.05, 4.69) is 28.8 Å². The molecule has 96 valence electrons. The van der Waals surface area contributed by atoms with Crippen molar-refractivity contribution in [2.75, 3.05) is 45.7 Å². The highest BCUT2D eigenvalue weighted by atomic mass is 32.2. The largest absolute Gasteiger partial charge is 0.306 e. The van der Waals surface area contributed by atoms with E-state index in [1.54, 1.807) is 0 Å². The Labute approximate surface area is 104 Å².